The maximum Gasteiger partial charge on any atom is 0.256 e. The van der Waals surface area contributed by atoms with Gasteiger partial charge in [-0.05, 0) is 24.3 Å². The lowest BCUT2D eigenvalue weighted by Gasteiger charge is -2.06. The molecule has 1 aromatic carbocycles. The Bertz CT molecular complexity index is 973. The van der Waals surface area contributed by atoms with E-state index in [9.17, 15) is 4.79 Å². The summed E-state index contributed by atoms with van der Waals surface area (Å²) < 4.78 is 1.74. The summed E-state index contributed by atoms with van der Waals surface area (Å²) in [5, 5.41) is 3.77. The molecule has 7 nitrogen and oxygen atoms in total. The molecule has 7 heteroatoms. The monoisotopic (exact) mass is 304 g/mol. The highest BCUT2D eigenvalue weighted by molar-refractivity contribution is 6.05. The van der Waals surface area contributed by atoms with Crippen molar-refractivity contribution in [1.29, 1.82) is 0 Å². The van der Waals surface area contributed by atoms with E-state index in [0.29, 0.717) is 17.2 Å². The maximum absolute atomic E-state index is 12.4. The van der Waals surface area contributed by atoms with Crippen LogP contribution >= 0.6 is 0 Å². The number of fused-ring (bicyclic) bond motifs is 1. The molecule has 0 saturated heterocycles. The second-order valence-electron chi connectivity index (χ2n) is 4.97. The van der Waals surface area contributed by atoms with E-state index in [2.05, 4.69) is 25.3 Å². The topological polar surface area (TPSA) is 88.5 Å². The smallest absolute Gasteiger partial charge is 0.256 e. The molecule has 4 aromatic rings. The van der Waals surface area contributed by atoms with Crippen LogP contribution in [0.3, 0.4) is 0 Å². The Balaban J connectivity index is 1.59. The van der Waals surface area contributed by atoms with E-state index in [-0.39, 0.29) is 5.91 Å². The van der Waals surface area contributed by atoms with Crippen LogP contribution in [0.4, 0.5) is 5.82 Å². The summed E-state index contributed by atoms with van der Waals surface area (Å²) in [7, 11) is 0. The first-order valence-electron chi connectivity index (χ1n) is 6.98. The van der Waals surface area contributed by atoms with E-state index in [0.717, 1.165) is 10.9 Å². The van der Waals surface area contributed by atoms with Gasteiger partial charge in [0.15, 0.2) is 0 Å². The molecule has 3 aromatic heterocycles. The number of benzene rings is 1. The fourth-order valence-electron chi connectivity index (χ4n) is 2.33. The molecule has 2 N–H and O–H groups in total. The molecule has 0 bridgehead atoms. The third-order valence-electron chi connectivity index (χ3n) is 3.48. The predicted octanol–water partition coefficient (Wildman–Crippen LogP) is 2.40. The highest BCUT2D eigenvalue weighted by Crippen LogP contribution is 2.16. The Kier molecular flexibility index (Phi) is 3.09. The van der Waals surface area contributed by atoms with Crippen LogP contribution in [0.25, 0.3) is 16.7 Å². The zero-order valence-electron chi connectivity index (χ0n) is 12.0. The van der Waals surface area contributed by atoms with Crippen LogP contribution in [0.5, 0.6) is 0 Å². The Hall–Kier alpha value is -3.48. The molecule has 0 spiro atoms. The molecule has 23 heavy (non-hydrogen) atoms. The van der Waals surface area contributed by atoms with Gasteiger partial charge in [0.2, 0.25) is 0 Å². The van der Waals surface area contributed by atoms with E-state index in [4.69, 9.17) is 0 Å². The third kappa shape index (κ3) is 2.55. The Morgan fingerprint density at radius 1 is 1.17 bits per heavy atom. The highest BCUT2D eigenvalue weighted by atomic mass is 16.1. The summed E-state index contributed by atoms with van der Waals surface area (Å²) in [5.41, 5.74) is 1.56. The lowest BCUT2D eigenvalue weighted by Crippen LogP contribution is -2.13. The van der Waals surface area contributed by atoms with Crippen molar-refractivity contribution >= 4 is 22.6 Å². The minimum Gasteiger partial charge on any atom is -0.361 e. The summed E-state index contributed by atoms with van der Waals surface area (Å²) in [4.78, 5) is 27.7. The number of rotatable bonds is 3. The number of hydrogen-bond acceptors (Lipinski definition) is 4. The van der Waals surface area contributed by atoms with Crippen molar-refractivity contribution in [3.05, 3.63) is 67.1 Å². The largest absolute Gasteiger partial charge is 0.361 e. The zero-order chi connectivity index (χ0) is 15.6. The zero-order valence-corrected chi connectivity index (χ0v) is 12.0. The average molecular weight is 304 g/mol. The van der Waals surface area contributed by atoms with Crippen molar-refractivity contribution in [2.75, 3.05) is 5.32 Å². The molecule has 1 amide bonds. The van der Waals surface area contributed by atoms with Gasteiger partial charge in [0.05, 0.1) is 0 Å². The molecule has 0 aliphatic rings. The standard InChI is InChI=1S/C16H12N6O/c23-16(12-1-2-13-11(7-12)3-4-18-13)21-14-8-15(20-9-19-14)22-6-5-17-10-22/h1-10,18H,(H,19,20,21,23). The normalized spacial score (nSPS) is 10.8. The van der Waals surface area contributed by atoms with Gasteiger partial charge in [-0.15, -0.1) is 0 Å². The molecule has 0 aliphatic heterocycles. The van der Waals surface area contributed by atoms with Crippen molar-refractivity contribution in [3.63, 3.8) is 0 Å². The van der Waals surface area contributed by atoms with Crippen molar-refractivity contribution in [1.82, 2.24) is 24.5 Å². The molecule has 0 saturated carbocycles. The lowest BCUT2D eigenvalue weighted by molar-refractivity contribution is 0.102. The van der Waals surface area contributed by atoms with Gasteiger partial charge in [0.1, 0.15) is 24.3 Å². The number of aromatic amines is 1. The molecule has 112 valence electrons. The number of imidazole rings is 1. The molecule has 3 heterocycles. The van der Waals surface area contributed by atoms with Gasteiger partial charge in [0.25, 0.3) is 5.91 Å². The van der Waals surface area contributed by atoms with Gasteiger partial charge in [-0.1, -0.05) is 0 Å². The highest BCUT2D eigenvalue weighted by Gasteiger charge is 2.09. The number of nitrogens with zero attached hydrogens (tertiary/aromatic N) is 4. The van der Waals surface area contributed by atoms with Gasteiger partial charge in [-0.2, -0.15) is 0 Å². The summed E-state index contributed by atoms with van der Waals surface area (Å²) in [5.74, 6) is 0.847. The molecule has 0 radical (unpaired) electrons. The first-order chi connectivity index (χ1) is 11.3. The summed E-state index contributed by atoms with van der Waals surface area (Å²) in [6.07, 6.45) is 8.31. The van der Waals surface area contributed by atoms with E-state index in [1.807, 2.05) is 24.4 Å². The Labute approximate surface area is 131 Å². The predicted molar refractivity (Wildman–Crippen MR) is 85.4 cm³/mol. The molecule has 0 fully saturated rings. The fraction of sp³-hybridized carbons (Fsp3) is 0. The quantitative estimate of drug-likeness (QED) is 0.608. The van der Waals surface area contributed by atoms with E-state index < -0.39 is 0 Å². The first kappa shape index (κ1) is 13.2. The third-order valence-corrected chi connectivity index (χ3v) is 3.48. The number of amides is 1. The number of carbonyl (C=O) groups excluding carboxylic acids is 1. The Morgan fingerprint density at radius 2 is 2.13 bits per heavy atom. The van der Waals surface area contributed by atoms with Crippen LogP contribution in [-0.2, 0) is 0 Å². The number of carbonyl (C=O) groups is 1. The van der Waals surface area contributed by atoms with Gasteiger partial charge < -0.3 is 10.3 Å². The summed E-state index contributed by atoms with van der Waals surface area (Å²) >= 11 is 0. The van der Waals surface area contributed by atoms with Crippen LogP contribution < -0.4 is 5.32 Å². The average Bonchev–Trinajstić information content (AvgIpc) is 3.26. The van der Waals surface area contributed by atoms with Gasteiger partial charge in [-0.3, -0.25) is 9.36 Å². The molecule has 0 unspecified atom stereocenters. The first-order valence-corrected chi connectivity index (χ1v) is 6.98. The number of H-pyrrole nitrogens is 1. The second-order valence-corrected chi connectivity index (χ2v) is 4.97. The summed E-state index contributed by atoms with van der Waals surface area (Å²) in [6, 6.07) is 9.09. The molecule has 0 aliphatic carbocycles. The van der Waals surface area contributed by atoms with E-state index in [1.165, 1.54) is 6.33 Å². The van der Waals surface area contributed by atoms with E-state index in [1.54, 1.807) is 35.4 Å². The number of aromatic nitrogens is 5. The van der Waals surface area contributed by atoms with Crippen LogP contribution in [0.1, 0.15) is 10.4 Å². The minimum absolute atomic E-state index is 0.219. The number of nitrogens with one attached hydrogen (secondary N) is 2. The van der Waals surface area contributed by atoms with E-state index >= 15 is 0 Å². The molecule has 4 rings (SSSR count). The minimum atomic E-state index is -0.219. The molecule has 0 atom stereocenters. The second kappa shape index (κ2) is 5.38. The van der Waals surface area contributed by atoms with Crippen LogP contribution in [0.15, 0.2) is 61.6 Å². The number of anilines is 1. The van der Waals surface area contributed by atoms with Gasteiger partial charge in [-0.25, -0.2) is 15.0 Å². The number of hydrogen-bond donors (Lipinski definition) is 2. The lowest BCUT2D eigenvalue weighted by atomic mass is 10.1. The van der Waals surface area contributed by atoms with Crippen LogP contribution in [0.2, 0.25) is 0 Å². The van der Waals surface area contributed by atoms with Crippen molar-refractivity contribution in [2.24, 2.45) is 0 Å². The SMILES string of the molecule is O=C(Nc1cc(-n2ccnc2)ncn1)c1ccc2[nH]ccc2c1. The fourth-order valence-corrected chi connectivity index (χ4v) is 2.33. The van der Waals surface area contributed by atoms with Gasteiger partial charge >= 0.3 is 0 Å². The van der Waals surface area contributed by atoms with Crippen molar-refractivity contribution < 1.29 is 4.79 Å². The van der Waals surface area contributed by atoms with Crippen LogP contribution in [-0.4, -0.2) is 30.4 Å². The van der Waals surface area contributed by atoms with Crippen molar-refractivity contribution in [2.45, 2.75) is 0 Å². The summed E-state index contributed by atoms with van der Waals surface area (Å²) in [6.45, 7) is 0. The Morgan fingerprint density at radius 3 is 3.00 bits per heavy atom. The molecular formula is C16H12N6O. The van der Waals surface area contributed by atoms with Crippen molar-refractivity contribution in [3.8, 4) is 5.82 Å². The van der Waals surface area contributed by atoms with Gasteiger partial charge in [0, 0.05) is 41.1 Å². The molecular weight excluding hydrogens is 292 g/mol. The van der Waals surface area contributed by atoms with Crippen LogP contribution in [0, 0.1) is 0 Å². The maximum atomic E-state index is 12.4.